The first-order valence-electron chi connectivity index (χ1n) is 7.32. The number of para-hydroxylation sites is 1. The summed E-state index contributed by atoms with van der Waals surface area (Å²) in [5.74, 6) is -2.24. The summed E-state index contributed by atoms with van der Waals surface area (Å²) in [4.78, 5) is 13.8. The van der Waals surface area contributed by atoms with Crippen LogP contribution in [0.4, 0.5) is 8.78 Å². The predicted octanol–water partition coefficient (Wildman–Crippen LogP) is 3.58. The van der Waals surface area contributed by atoms with Crippen molar-refractivity contribution in [2.45, 2.75) is 6.54 Å². The minimum atomic E-state index is -0.946. The maximum absolute atomic E-state index is 13.3. The Hall–Kier alpha value is -2.61. The van der Waals surface area contributed by atoms with Gasteiger partial charge in [0.15, 0.2) is 17.3 Å². The van der Waals surface area contributed by atoms with Gasteiger partial charge in [0, 0.05) is 18.1 Å². The van der Waals surface area contributed by atoms with E-state index in [2.05, 4.69) is 26.2 Å². The molecule has 0 N–H and O–H groups in total. The molecule has 1 amide bonds. The number of hydrogen-bond acceptors (Lipinski definition) is 3. The van der Waals surface area contributed by atoms with Gasteiger partial charge in [-0.05, 0) is 45.8 Å². The smallest absolute Gasteiger partial charge is 0.276 e. The second-order valence-corrected chi connectivity index (χ2v) is 6.26. The number of amides is 1. The Balaban J connectivity index is 1.77. The van der Waals surface area contributed by atoms with Gasteiger partial charge < -0.3 is 4.90 Å². The van der Waals surface area contributed by atoms with Crippen molar-refractivity contribution >= 4 is 21.8 Å². The van der Waals surface area contributed by atoms with Gasteiger partial charge in [-0.3, -0.25) is 4.79 Å². The van der Waals surface area contributed by atoms with E-state index in [1.54, 1.807) is 7.05 Å². The van der Waals surface area contributed by atoms with Crippen molar-refractivity contribution in [2.75, 3.05) is 7.05 Å². The average molecular weight is 407 g/mol. The molecule has 3 aromatic rings. The minimum Gasteiger partial charge on any atom is -0.336 e. The SMILES string of the molecule is CN(Cc1ccc(F)c(F)c1)C(=O)c1cn(-c2ccccc2Br)nn1. The molecule has 0 bridgehead atoms. The number of carbonyl (C=O) groups excluding carboxylic acids is 1. The van der Waals surface area contributed by atoms with E-state index in [4.69, 9.17) is 0 Å². The van der Waals surface area contributed by atoms with Crippen LogP contribution in [0.2, 0.25) is 0 Å². The van der Waals surface area contributed by atoms with Crippen molar-refractivity contribution in [3.63, 3.8) is 0 Å². The van der Waals surface area contributed by atoms with E-state index in [0.29, 0.717) is 5.56 Å². The van der Waals surface area contributed by atoms with Crippen LogP contribution in [0, 0.1) is 11.6 Å². The van der Waals surface area contributed by atoms with Crippen molar-refractivity contribution in [1.82, 2.24) is 19.9 Å². The molecule has 0 saturated heterocycles. The summed E-state index contributed by atoms with van der Waals surface area (Å²) in [5, 5.41) is 7.86. The molecule has 3 rings (SSSR count). The number of hydrogen-bond donors (Lipinski definition) is 0. The van der Waals surface area contributed by atoms with Gasteiger partial charge in [0.2, 0.25) is 0 Å². The number of carbonyl (C=O) groups is 1. The van der Waals surface area contributed by atoms with Crippen molar-refractivity contribution in [2.24, 2.45) is 0 Å². The van der Waals surface area contributed by atoms with Gasteiger partial charge in [0.05, 0.1) is 11.9 Å². The molecule has 8 heteroatoms. The van der Waals surface area contributed by atoms with Gasteiger partial charge in [-0.2, -0.15) is 0 Å². The van der Waals surface area contributed by atoms with Crippen LogP contribution < -0.4 is 0 Å². The first kappa shape index (κ1) is 17.2. The molecule has 25 heavy (non-hydrogen) atoms. The summed E-state index contributed by atoms with van der Waals surface area (Å²) < 4.78 is 28.6. The molecule has 0 unspecified atom stereocenters. The topological polar surface area (TPSA) is 51.0 Å². The molecule has 0 aliphatic heterocycles. The number of benzene rings is 2. The third-order valence-corrected chi connectivity index (χ3v) is 4.23. The summed E-state index contributed by atoms with van der Waals surface area (Å²) in [6.07, 6.45) is 1.52. The van der Waals surface area contributed by atoms with E-state index >= 15 is 0 Å². The molecule has 0 aliphatic carbocycles. The molecule has 1 aromatic heterocycles. The Morgan fingerprint density at radius 3 is 2.68 bits per heavy atom. The lowest BCUT2D eigenvalue weighted by molar-refractivity contribution is 0.0779. The standard InChI is InChI=1S/C17H13BrF2N4O/c1-23(9-11-6-7-13(19)14(20)8-11)17(25)15-10-24(22-21-15)16-5-3-2-4-12(16)18/h2-8,10H,9H2,1H3. The third-order valence-electron chi connectivity index (χ3n) is 3.56. The van der Waals surface area contributed by atoms with E-state index in [1.807, 2.05) is 24.3 Å². The molecule has 0 radical (unpaired) electrons. The molecule has 0 fully saturated rings. The first-order chi connectivity index (χ1) is 12.0. The second-order valence-electron chi connectivity index (χ2n) is 5.41. The number of halogens is 3. The fourth-order valence-electron chi connectivity index (χ4n) is 2.30. The molecule has 5 nitrogen and oxygen atoms in total. The Bertz CT molecular complexity index is 929. The summed E-state index contributed by atoms with van der Waals surface area (Å²) in [5.41, 5.74) is 1.38. The number of aromatic nitrogens is 3. The Morgan fingerprint density at radius 2 is 1.96 bits per heavy atom. The van der Waals surface area contributed by atoms with E-state index in [9.17, 15) is 13.6 Å². The molecule has 0 spiro atoms. The molecular weight excluding hydrogens is 394 g/mol. The van der Waals surface area contributed by atoms with Gasteiger partial charge in [-0.1, -0.05) is 23.4 Å². The zero-order valence-corrected chi connectivity index (χ0v) is 14.7. The predicted molar refractivity (Wildman–Crippen MR) is 91.2 cm³/mol. The van der Waals surface area contributed by atoms with Crippen LogP contribution in [-0.4, -0.2) is 32.8 Å². The third kappa shape index (κ3) is 3.74. The highest BCUT2D eigenvalue weighted by Gasteiger charge is 2.17. The summed E-state index contributed by atoms with van der Waals surface area (Å²) in [6.45, 7) is 0.123. The van der Waals surface area contributed by atoms with Crippen LogP contribution in [0.1, 0.15) is 16.1 Å². The Kier molecular flexibility index (Phi) is 4.89. The molecule has 2 aromatic carbocycles. The van der Waals surface area contributed by atoms with Crippen LogP contribution in [0.3, 0.4) is 0 Å². The largest absolute Gasteiger partial charge is 0.336 e. The normalized spacial score (nSPS) is 10.7. The lowest BCUT2D eigenvalue weighted by atomic mass is 10.2. The number of rotatable bonds is 4. The van der Waals surface area contributed by atoms with Crippen molar-refractivity contribution in [3.8, 4) is 5.69 Å². The van der Waals surface area contributed by atoms with E-state index in [0.717, 1.165) is 22.3 Å². The Morgan fingerprint density at radius 1 is 1.20 bits per heavy atom. The molecule has 0 saturated carbocycles. The average Bonchev–Trinajstić information content (AvgIpc) is 3.07. The molecule has 1 heterocycles. The highest BCUT2D eigenvalue weighted by atomic mass is 79.9. The van der Waals surface area contributed by atoms with E-state index in [1.165, 1.54) is 21.8 Å². The van der Waals surface area contributed by atoms with Crippen molar-refractivity contribution in [1.29, 1.82) is 0 Å². The zero-order valence-electron chi connectivity index (χ0n) is 13.2. The van der Waals surface area contributed by atoms with E-state index < -0.39 is 11.6 Å². The van der Waals surface area contributed by atoms with Gasteiger partial charge >= 0.3 is 0 Å². The van der Waals surface area contributed by atoms with Crippen LogP contribution in [0.25, 0.3) is 5.69 Å². The van der Waals surface area contributed by atoms with Gasteiger partial charge in [-0.25, -0.2) is 13.5 Å². The van der Waals surface area contributed by atoms with Gasteiger partial charge in [0.25, 0.3) is 5.91 Å². The summed E-state index contributed by atoms with van der Waals surface area (Å²) in [7, 11) is 1.56. The molecule has 0 aliphatic rings. The molecule has 0 atom stereocenters. The highest BCUT2D eigenvalue weighted by Crippen LogP contribution is 2.20. The summed E-state index contributed by atoms with van der Waals surface area (Å²) in [6, 6.07) is 10.9. The minimum absolute atomic E-state index is 0.123. The van der Waals surface area contributed by atoms with Crippen molar-refractivity contribution < 1.29 is 13.6 Å². The first-order valence-corrected chi connectivity index (χ1v) is 8.11. The highest BCUT2D eigenvalue weighted by molar-refractivity contribution is 9.10. The van der Waals surface area contributed by atoms with Gasteiger partial charge in [-0.15, -0.1) is 5.10 Å². The maximum Gasteiger partial charge on any atom is 0.276 e. The number of nitrogens with zero attached hydrogens (tertiary/aromatic N) is 4. The lowest BCUT2D eigenvalue weighted by Gasteiger charge is -2.15. The maximum atomic E-state index is 13.3. The van der Waals surface area contributed by atoms with Crippen LogP contribution >= 0.6 is 15.9 Å². The monoisotopic (exact) mass is 406 g/mol. The lowest BCUT2D eigenvalue weighted by Crippen LogP contribution is -2.26. The quantitative estimate of drug-likeness (QED) is 0.665. The fourth-order valence-corrected chi connectivity index (χ4v) is 2.76. The van der Waals surface area contributed by atoms with Crippen LogP contribution in [-0.2, 0) is 6.54 Å². The fraction of sp³-hybridized carbons (Fsp3) is 0.118. The van der Waals surface area contributed by atoms with Crippen molar-refractivity contribution in [3.05, 3.63) is 76.0 Å². The Labute approximate surface area is 151 Å². The second kappa shape index (κ2) is 7.10. The molecule has 128 valence electrons. The zero-order chi connectivity index (χ0) is 18.0. The summed E-state index contributed by atoms with van der Waals surface area (Å²) >= 11 is 3.41. The van der Waals surface area contributed by atoms with Gasteiger partial charge in [0.1, 0.15) is 0 Å². The van der Waals surface area contributed by atoms with Crippen LogP contribution in [0.15, 0.2) is 53.1 Å². The molecular formula is C17H13BrF2N4O. The van der Waals surface area contributed by atoms with Crippen LogP contribution in [0.5, 0.6) is 0 Å². The van der Waals surface area contributed by atoms with E-state index in [-0.39, 0.29) is 18.1 Å².